The predicted molar refractivity (Wildman–Crippen MR) is 303 cm³/mol. The van der Waals surface area contributed by atoms with Crippen LogP contribution < -0.4 is 30.6 Å². The number of ketones is 1. The van der Waals surface area contributed by atoms with Gasteiger partial charge in [0, 0.05) is 18.1 Å². The van der Waals surface area contributed by atoms with E-state index in [0.29, 0.717) is 25.7 Å². The van der Waals surface area contributed by atoms with Crippen molar-refractivity contribution >= 4 is 73.6 Å². The first kappa shape index (κ1) is 81.8. The Morgan fingerprint density at radius 3 is 1.52 bits per heavy atom. The molecule has 7 aliphatic rings. The summed E-state index contributed by atoms with van der Waals surface area (Å²) in [6.07, 6.45) is -15.3. The van der Waals surface area contributed by atoms with E-state index < -0.39 is 152 Å². The van der Waals surface area contributed by atoms with Gasteiger partial charge >= 0.3 is 49.9 Å². The molecule has 4 saturated carbocycles. The van der Waals surface area contributed by atoms with Gasteiger partial charge in [0.25, 0.3) is 5.97 Å². The number of fused-ring (bicyclic) bond motifs is 7. The van der Waals surface area contributed by atoms with Crippen LogP contribution in [0.3, 0.4) is 0 Å². The Morgan fingerprint density at radius 2 is 1.05 bits per heavy atom. The first-order valence-corrected chi connectivity index (χ1v) is 31.1. The van der Waals surface area contributed by atoms with Crippen LogP contribution in [0.5, 0.6) is 0 Å². The minimum atomic E-state index is -2.79. The van der Waals surface area contributed by atoms with Gasteiger partial charge in [-0.25, -0.2) is 0 Å². The van der Waals surface area contributed by atoms with Crippen molar-refractivity contribution in [3.05, 3.63) is 11.6 Å². The first-order chi connectivity index (χ1) is 37.9. The summed E-state index contributed by atoms with van der Waals surface area (Å²) < 4.78 is 40.8. The summed E-state index contributed by atoms with van der Waals surface area (Å²) in [4.78, 5) is 53.5. The summed E-state index contributed by atoms with van der Waals surface area (Å²) in [7, 11) is 0. The largest absolute Gasteiger partial charge is 3.00 e. The van der Waals surface area contributed by atoms with Crippen LogP contribution in [0.25, 0.3) is 0 Å². The van der Waals surface area contributed by atoms with E-state index in [4.69, 9.17) is 30.3 Å². The van der Waals surface area contributed by atoms with Gasteiger partial charge in [0.2, 0.25) is 0 Å². The molecule has 2 aliphatic heterocycles. The number of hydrogen-bond donors (Lipinski definition) is 5. The smallest absolute Gasteiger partial charge is 0.852 e. The Labute approximate surface area is 531 Å². The molecule has 2 heterocycles. The van der Waals surface area contributed by atoms with Crippen LogP contribution in [-0.2, 0) is 49.5 Å². The molecule has 0 aromatic heterocycles. The summed E-state index contributed by atoms with van der Waals surface area (Å²) in [5.74, 6) is -4.61. The number of ether oxygens (including phenoxy) is 4. The molecular weight excluding hydrogens is 1150 g/mol. The van der Waals surface area contributed by atoms with Gasteiger partial charge in [-0.2, -0.15) is 0 Å². The molecule has 6 fully saturated rings. The fourth-order valence-electron chi connectivity index (χ4n) is 14.2. The van der Waals surface area contributed by atoms with Crippen molar-refractivity contribution < 1.29 is 106 Å². The first-order valence-electron chi connectivity index (χ1n) is 29.7. The van der Waals surface area contributed by atoms with E-state index in [9.17, 15) is 70.6 Å². The Bertz CT molecular complexity index is 2120. The molecule has 19 atom stereocenters. The number of aliphatic hydroxyl groups excluding tert-OH is 5. The number of hydrogen-bond acceptors (Lipinski definition) is 22. The SMILES string of the molecule is CC(C)[O-].CC(C)[O-].CC(C)[O-].CC(C)[O-].CC(C)[O][Al]([O]C(=O)C1(C)CCC2(C)CCC3(C)C(=CC(=O)C4C5(C)CC(OC6OC(C(=O)[O-])C(OC7OC(C(=O)[O-])C(O)C(O)C7O)C(O)C6O)CC(C)(C)C5CCC43C)C2C1)[O]C(C)C.[Al+3].[Al+3]. The van der Waals surface area contributed by atoms with E-state index in [2.05, 4.69) is 41.5 Å². The van der Waals surface area contributed by atoms with Crippen LogP contribution in [0.4, 0.5) is 0 Å². The maximum absolute atomic E-state index is 15.2. The van der Waals surface area contributed by atoms with Gasteiger partial charge in [0.05, 0.1) is 23.5 Å². The molecule has 2 saturated heterocycles. The van der Waals surface area contributed by atoms with Gasteiger partial charge in [0.1, 0.15) is 48.8 Å². The van der Waals surface area contributed by atoms with Crippen LogP contribution in [0.2, 0.25) is 0 Å². The van der Waals surface area contributed by atoms with E-state index in [1.54, 1.807) is 55.4 Å². The second kappa shape index (κ2) is 32.9. The number of aliphatic hydroxyl groups is 5. The van der Waals surface area contributed by atoms with E-state index >= 15 is 4.79 Å². The molecule has 25 heteroatoms. The van der Waals surface area contributed by atoms with Crippen molar-refractivity contribution in [1.82, 2.24) is 0 Å². The fourth-order valence-corrected chi connectivity index (χ4v) is 15.8. The van der Waals surface area contributed by atoms with Gasteiger partial charge < -0.3 is 96.1 Å². The zero-order chi connectivity index (χ0) is 64.0. The summed E-state index contributed by atoms with van der Waals surface area (Å²) in [5, 5.41) is 116. The molecule has 5 aliphatic carbocycles. The van der Waals surface area contributed by atoms with Crippen molar-refractivity contribution in [2.45, 2.75) is 293 Å². The summed E-state index contributed by atoms with van der Waals surface area (Å²) >= 11 is -2.79. The van der Waals surface area contributed by atoms with Gasteiger partial charge in [-0.1, -0.05) is 103 Å². The van der Waals surface area contributed by atoms with Gasteiger partial charge in [-0.15, -0.1) is 24.4 Å². The quantitative estimate of drug-likeness (QED) is 0.117. The topological polar surface area (TPSA) is 372 Å². The molecule has 22 nitrogen and oxygen atoms in total. The minimum absolute atomic E-state index is 0. The molecular formula is C60H101Al3O22. The van der Waals surface area contributed by atoms with Gasteiger partial charge in [-0.3, -0.25) is 9.59 Å². The van der Waals surface area contributed by atoms with Crippen molar-refractivity contribution in [3.63, 3.8) is 0 Å². The zero-order valence-corrected chi connectivity index (χ0v) is 57.4. The summed E-state index contributed by atoms with van der Waals surface area (Å²) in [6.45, 7) is 35.6. The summed E-state index contributed by atoms with van der Waals surface area (Å²) in [6, 6.07) is 0. The molecule has 0 aromatic carbocycles. The monoisotopic (exact) mass is 1250 g/mol. The van der Waals surface area contributed by atoms with Gasteiger partial charge in [-0.05, 0) is 137 Å². The molecule has 0 bridgehead atoms. The second-order valence-corrected chi connectivity index (χ2v) is 29.1. The zero-order valence-electron chi connectivity index (χ0n) is 53.9. The second-order valence-electron chi connectivity index (χ2n) is 27.7. The van der Waals surface area contributed by atoms with Crippen molar-refractivity contribution in [3.8, 4) is 0 Å². The normalized spacial score (nSPS) is 38.9. The minimum Gasteiger partial charge on any atom is -0.852 e. The van der Waals surface area contributed by atoms with E-state index in [1.165, 1.54) is 0 Å². The fraction of sp³-hybridized carbons (Fsp3) is 0.900. The third-order valence-electron chi connectivity index (χ3n) is 17.9. The number of allylic oxidation sites excluding steroid dienone is 2. The van der Waals surface area contributed by atoms with E-state index in [-0.39, 0.29) is 75.9 Å². The third-order valence-corrected chi connectivity index (χ3v) is 19.8. The van der Waals surface area contributed by atoms with Crippen molar-refractivity contribution in [2.24, 2.45) is 50.2 Å². The molecule has 0 aromatic rings. The maximum Gasteiger partial charge on any atom is 3.00 e. The van der Waals surface area contributed by atoms with E-state index in [1.807, 2.05) is 40.7 Å². The molecule has 0 spiro atoms. The van der Waals surface area contributed by atoms with Crippen LogP contribution in [0.1, 0.15) is 189 Å². The standard InChI is InChI=1S/C42H62O16.6C3H7O.3Al/c1-37(2)15-18(55-34-27(48)25(46)28(30(58-34)33(51)52)56-35-26(47)23(44)24(45)29(57-35)32(49)50)16-40(5)22(37)8-9-42(7)31(40)21(43)14-19-20-17-39(4,36(53)54)11-10-38(20,3)12-13-41(19,42)6;6*1-3(2)4;;;/h14,18,20,22-31,34-35,44-48H,8-13,15-17H2,1-7H3,(H,49,50)(H,51,52)(H,53,54);6*3H,1-2H3;;;/q;6*-1;3*+3/p-3. The molecule has 0 amide bonds. The Hall–Kier alpha value is -1.18. The molecule has 85 heavy (non-hydrogen) atoms. The molecule has 5 N–H and O–H groups in total. The molecule has 0 radical (unpaired) electrons. The molecule has 19 unspecified atom stereocenters. The number of carbonyl (C=O) groups is 4. The van der Waals surface area contributed by atoms with Crippen LogP contribution in [0, 0.1) is 50.2 Å². The number of rotatable bonds is 12. The van der Waals surface area contributed by atoms with Crippen LogP contribution >= 0.6 is 0 Å². The molecule has 7 rings (SSSR count). The van der Waals surface area contributed by atoms with Crippen molar-refractivity contribution in [2.75, 3.05) is 0 Å². The Balaban J connectivity index is 0.00000179. The average Bonchev–Trinajstić information content (AvgIpc) is 0.934. The number of carboxylic acid groups (broad SMARTS) is 2. The maximum atomic E-state index is 15.2. The number of aliphatic carboxylic acids is 2. The number of carbonyl (C=O) groups excluding carboxylic acids is 4. The Kier molecular flexibility index (Phi) is 31.7. The predicted octanol–water partition coefficient (Wildman–Crippen LogP) is -0.872. The van der Waals surface area contributed by atoms with Crippen molar-refractivity contribution in [1.29, 1.82) is 0 Å². The van der Waals surface area contributed by atoms with E-state index in [0.717, 1.165) is 37.7 Å². The van der Waals surface area contributed by atoms with Crippen LogP contribution in [0.15, 0.2) is 11.6 Å². The molecule has 482 valence electrons. The number of carboxylic acids is 2. The average molecular weight is 1260 g/mol. The summed E-state index contributed by atoms with van der Waals surface area (Å²) in [5.41, 5.74) is -1.85. The third kappa shape index (κ3) is 19.9. The van der Waals surface area contributed by atoms with Crippen LogP contribution in [-0.4, -0.2) is 203 Å². The van der Waals surface area contributed by atoms with Gasteiger partial charge in [0.15, 0.2) is 18.4 Å². The Morgan fingerprint density at radius 1 is 0.600 bits per heavy atom.